The fraction of sp³-hybridized carbons (Fsp3) is 0.455. The summed E-state index contributed by atoms with van der Waals surface area (Å²) in [6.07, 6.45) is 0. The summed E-state index contributed by atoms with van der Waals surface area (Å²) < 4.78 is 13.9. The van der Waals surface area contributed by atoms with Crippen LogP contribution < -0.4 is 0 Å². The molecule has 0 unspecified atom stereocenters. The lowest BCUT2D eigenvalue weighted by atomic mass is 10.2. The highest BCUT2D eigenvalue weighted by molar-refractivity contribution is 9.10. The summed E-state index contributed by atoms with van der Waals surface area (Å²) in [4.78, 5) is 2.17. The summed E-state index contributed by atoms with van der Waals surface area (Å²) in [5.74, 6) is 0.394. The molecule has 4 heteroatoms. The fourth-order valence-electron chi connectivity index (χ4n) is 1.43. The van der Waals surface area contributed by atoms with Crippen LogP contribution in [0, 0.1) is 5.82 Å². The smallest absolute Gasteiger partial charge is 0.124 e. The predicted molar refractivity (Wildman–Crippen MR) is 65.8 cm³/mol. The molecule has 0 aromatic heterocycles. The van der Waals surface area contributed by atoms with E-state index in [1.54, 1.807) is 6.07 Å². The average molecular weight is 295 g/mol. The minimum atomic E-state index is -0.207. The third-order valence-corrected chi connectivity index (χ3v) is 2.80. The molecule has 0 atom stereocenters. The van der Waals surface area contributed by atoms with Gasteiger partial charge in [0, 0.05) is 23.4 Å². The monoisotopic (exact) mass is 293 g/mol. The third-order valence-electron chi connectivity index (χ3n) is 2.18. The Morgan fingerprint density at radius 1 is 1.40 bits per heavy atom. The molecule has 0 bridgehead atoms. The summed E-state index contributed by atoms with van der Waals surface area (Å²) in [5, 5.41) is 0. The van der Waals surface area contributed by atoms with Gasteiger partial charge in [-0.2, -0.15) is 0 Å². The van der Waals surface area contributed by atoms with Crippen molar-refractivity contribution in [2.24, 2.45) is 0 Å². The number of halogens is 3. The van der Waals surface area contributed by atoms with Gasteiger partial charge in [-0.15, -0.1) is 11.6 Å². The SMILES string of the molecule is CCN(CCCl)Cc1cc(F)cc(Br)c1. The predicted octanol–water partition coefficient (Wildman–Crippen LogP) is 3.65. The fourth-order valence-corrected chi connectivity index (χ4v) is 2.18. The van der Waals surface area contributed by atoms with Crippen LogP contribution >= 0.6 is 27.5 Å². The van der Waals surface area contributed by atoms with Crippen molar-refractivity contribution in [1.82, 2.24) is 4.90 Å². The van der Waals surface area contributed by atoms with Crippen LogP contribution in [0.5, 0.6) is 0 Å². The topological polar surface area (TPSA) is 3.24 Å². The summed E-state index contributed by atoms with van der Waals surface area (Å²) in [7, 11) is 0. The Kier molecular flexibility index (Phi) is 5.58. The molecule has 0 aliphatic carbocycles. The summed E-state index contributed by atoms with van der Waals surface area (Å²) in [6.45, 7) is 4.55. The number of alkyl halides is 1. The highest BCUT2D eigenvalue weighted by Crippen LogP contribution is 2.16. The lowest BCUT2D eigenvalue weighted by Gasteiger charge is -2.19. The Morgan fingerprint density at radius 3 is 2.67 bits per heavy atom. The van der Waals surface area contributed by atoms with Gasteiger partial charge in [0.25, 0.3) is 0 Å². The van der Waals surface area contributed by atoms with E-state index in [-0.39, 0.29) is 5.82 Å². The van der Waals surface area contributed by atoms with Gasteiger partial charge in [-0.25, -0.2) is 4.39 Å². The van der Waals surface area contributed by atoms with E-state index in [0.717, 1.165) is 29.7 Å². The highest BCUT2D eigenvalue weighted by atomic mass is 79.9. The quantitative estimate of drug-likeness (QED) is 0.749. The lowest BCUT2D eigenvalue weighted by molar-refractivity contribution is 0.297. The van der Waals surface area contributed by atoms with Crippen molar-refractivity contribution in [3.63, 3.8) is 0 Å². The zero-order valence-electron chi connectivity index (χ0n) is 8.64. The van der Waals surface area contributed by atoms with Crippen molar-refractivity contribution in [1.29, 1.82) is 0 Å². The van der Waals surface area contributed by atoms with Crippen LogP contribution in [-0.2, 0) is 6.54 Å². The van der Waals surface area contributed by atoms with E-state index in [4.69, 9.17) is 11.6 Å². The van der Waals surface area contributed by atoms with E-state index in [2.05, 4.69) is 27.8 Å². The molecule has 0 aliphatic rings. The van der Waals surface area contributed by atoms with Crippen molar-refractivity contribution in [2.75, 3.05) is 19.0 Å². The Morgan fingerprint density at radius 2 is 2.13 bits per heavy atom. The number of rotatable bonds is 5. The average Bonchev–Trinajstić information content (AvgIpc) is 2.15. The third kappa shape index (κ3) is 4.49. The second kappa shape index (κ2) is 6.46. The molecule has 15 heavy (non-hydrogen) atoms. The van der Waals surface area contributed by atoms with Crippen LogP contribution in [0.2, 0.25) is 0 Å². The van der Waals surface area contributed by atoms with Crippen molar-refractivity contribution >= 4 is 27.5 Å². The van der Waals surface area contributed by atoms with Crippen molar-refractivity contribution in [3.8, 4) is 0 Å². The molecule has 1 aromatic carbocycles. The molecule has 0 heterocycles. The van der Waals surface area contributed by atoms with Gasteiger partial charge in [0.1, 0.15) is 5.82 Å². The van der Waals surface area contributed by atoms with Gasteiger partial charge in [-0.3, -0.25) is 4.90 Å². The van der Waals surface area contributed by atoms with E-state index in [9.17, 15) is 4.39 Å². The molecule has 0 fully saturated rings. The zero-order valence-corrected chi connectivity index (χ0v) is 11.0. The van der Waals surface area contributed by atoms with Crippen LogP contribution in [0.4, 0.5) is 4.39 Å². The summed E-state index contributed by atoms with van der Waals surface area (Å²) >= 11 is 8.96. The van der Waals surface area contributed by atoms with E-state index >= 15 is 0 Å². The van der Waals surface area contributed by atoms with Crippen LogP contribution in [0.25, 0.3) is 0 Å². The Hall–Kier alpha value is -0.120. The van der Waals surface area contributed by atoms with Gasteiger partial charge in [-0.1, -0.05) is 22.9 Å². The second-order valence-corrected chi connectivity index (χ2v) is 4.63. The van der Waals surface area contributed by atoms with Gasteiger partial charge < -0.3 is 0 Å². The van der Waals surface area contributed by atoms with Crippen LogP contribution in [0.1, 0.15) is 12.5 Å². The summed E-state index contributed by atoms with van der Waals surface area (Å²) in [6, 6.07) is 4.95. The number of hydrogen-bond acceptors (Lipinski definition) is 1. The van der Waals surface area contributed by atoms with E-state index < -0.39 is 0 Å². The van der Waals surface area contributed by atoms with Gasteiger partial charge >= 0.3 is 0 Å². The molecule has 1 nitrogen and oxygen atoms in total. The Bertz CT molecular complexity index is 299. The molecule has 0 amide bonds. The largest absolute Gasteiger partial charge is 0.298 e. The number of nitrogens with zero attached hydrogens (tertiary/aromatic N) is 1. The van der Waals surface area contributed by atoms with Crippen LogP contribution in [-0.4, -0.2) is 23.9 Å². The molecule has 84 valence electrons. The standard InChI is InChI=1S/C11H14BrClFN/c1-2-15(4-3-13)8-9-5-10(12)7-11(14)6-9/h5-7H,2-4,8H2,1H3. The zero-order chi connectivity index (χ0) is 11.3. The van der Waals surface area contributed by atoms with E-state index in [0.29, 0.717) is 5.88 Å². The minimum absolute atomic E-state index is 0.207. The molecule has 0 saturated carbocycles. The van der Waals surface area contributed by atoms with Crippen molar-refractivity contribution in [2.45, 2.75) is 13.5 Å². The molecular formula is C11H14BrClFN. The Balaban J connectivity index is 2.69. The number of benzene rings is 1. The lowest BCUT2D eigenvalue weighted by Crippen LogP contribution is -2.24. The van der Waals surface area contributed by atoms with Gasteiger partial charge in [0.05, 0.1) is 0 Å². The first kappa shape index (κ1) is 12.9. The molecule has 0 radical (unpaired) electrons. The van der Waals surface area contributed by atoms with E-state index in [1.165, 1.54) is 6.07 Å². The maximum absolute atomic E-state index is 13.1. The first-order chi connectivity index (χ1) is 7.15. The molecule has 0 aliphatic heterocycles. The maximum atomic E-state index is 13.1. The van der Waals surface area contributed by atoms with E-state index in [1.807, 2.05) is 6.07 Å². The summed E-state index contributed by atoms with van der Waals surface area (Å²) in [5.41, 5.74) is 0.967. The minimum Gasteiger partial charge on any atom is -0.298 e. The van der Waals surface area contributed by atoms with Crippen molar-refractivity contribution < 1.29 is 4.39 Å². The molecule has 0 N–H and O–H groups in total. The second-order valence-electron chi connectivity index (χ2n) is 3.34. The molecule has 0 saturated heterocycles. The molecular weight excluding hydrogens is 280 g/mol. The number of hydrogen-bond donors (Lipinski definition) is 0. The molecule has 0 spiro atoms. The normalized spacial score (nSPS) is 11.0. The van der Waals surface area contributed by atoms with Gasteiger partial charge in [0.15, 0.2) is 0 Å². The first-order valence-electron chi connectivity index (χ1n) is 4.89. The maximum Gasteiger partial charge on any atom is 0.124 e. The van der Waals surface area contributed by atoms with Gasteiger partial charge in [-0.05, 0) is 30.3 Å². The highest BCUT2D eigenvalue weighted by Gasteiger charge is 2.04. The molecule has 1 rings (SSSR count). The molecule has 1 aromatic rings. The first-order valence-corrected chi connectivity index (χ1v) is 6.21. The van der Waals surface area contributed by atoms with Gasteiger partial charge in [0.2, 0.25) is 0 Å². The van der Waals surface area contributed by atoms with Crippen LogP contribution in [0.3, 0.4) is 0 Å². The Labute approximate surface area is 103 Å². The van der Waals surface area contributed by atoms with Crippen LogP contribution in [0.15, 0.2) is 22.7 Å². The van der Waals surface area contributed by atoms with Crippen molar-refractivity contribution in [3.05, 3.63) is 34.1 Å².